The Morgan fingerprint density at radius 2 is 2.42 bits per heavy atom. The van der Waals surface area contributed by atoms with Crippen molar-refractivity contribution in [1.82, 2.24) is 10.6 Å². The predicted molar refractivity (Wildman–Crippen MR) is 72.6 cm³/mol. The largest absolute Gasteiger partial charge is 0.504 e. The van der Waals surface area contributed by atoms with Crippen LogP contribution in [0.4, 0.5) is 0 Å². The van der Waals surface area contributed by atoms with Gasteiger partial charge < -0.3 is 20.5 Å². The van der Waals surface area contributed by atoms with Gasteiger partial charge in [-0.15, -0.1) is 0 Å². The Bertz CT molecular complexity index is 442. The van der Waals surface area contributed by atoms with Gasteiger partial charge in [-0.2, -0.15) is 0 Å². The molecule has 1 amide bonds. The van der Waals surface area contributed by atoms with Crippen LogP contribution < -0.4 is 15.4 Å². The Balaban J connectivity index is 1.83. The van der Waals surface area contributed by atoms with Gasteiger partial charge in [0.25, 0.3) is 5.91 Å². The number of hydrogen-bond donors (Lipinski definition) is 3. The van der Waals surface area contributed by atoms with E-state index in [-0.39, 0.29) is 11.7 Å². The fourth-order valence-electron chi connectivity index (χ4n) is 2.30. The molecule has 1 fully saturated rings. The number of carbonyl (C=O) groups excluding carboxylic acids is 1. The molecule has 1 unspecified atom stereocenters. The second-order valence-electron chi connectivity index (χ2n) is 4.72. The molecule has 1 aromatic rings. The summed E-state index contributed by atoms with van der Waals surface area (Å²) in [5.41, 5.74) is 0.442. The van der Waals surface area contributed by atoms with Crippen molar-refractivity contribution in [3.05, 3.63) is 23.8 Å². The minimum atomic E-state index is -0.170. The topological polar surface area (TPSA) is 70.6 Å². The molecule has 5 heteroatoms. The van der Waals surface area contributed by atoms with Crippen LogP contribution in [0, 0.1) is 0 Å². The Kier molecular flexibility index (Phi) is 4.63. The molecule has 5 nitrogen and oxygen atoms in total. The number of rotatable bonds is 5. The second-order valence-corrected chi connectivity index (χ2v) is 4.72. The molecule has 0 aliphatic carbocycles. The van der Waals surface area contributed by atoms with Crippen molar-refractivity contribution in [2.45, 2.75) is 25.3 Å². The SMILES string of the molecule is COc1ccc(C(=O)NCCC2CCCN2)cc1O. The van der Waals surface area contributed by atoms with Gasteiger partial charge in [-0.25, -0.2) is 0 Å². The highest BCUT2D eigenvalue weighted by Crippen LogP contribution is 2.26. The summed E-state index contributed by atoms with van der Waals surface area (Å²) in [5, 5.41) is 15.9. The lowest BCUT2D eigenvalue weighted by molar-refractivity contribution is 0.0952. The maximum Gasteiger partial charge on any atom is 0.251 e. The van der Waals surface area contributed by atoms with Gasteiger partial charge in [0.15, 0.2) is 11.5 Å². The average Bonchev–Trinajstić information content (AvgIpc) is 2.91. The molecule has 2 rings (SSSR count). The standard InChI is InChI=1S/C14H20N2O3/c1-19-13-5-4-10(9-12(13)17)14(18)16-8-6-11-3-2-7-15-11/h4-5,9,11,15,17H,2-3,6-8H2,1H3,(H,16,18). The molecule has 104 valence electrons. The van der Waals surface area contributed by atoms with Crippen LogP contribution in [0.2, 0.25) is 0 Å². The van der Waals surface area contributed by atoms with Crippen LogP contribution in [0.5, 0.6) is 11.5 Å². The smallest absolute Gasteiger partial charge is 0.251 e. The van der Waals surface area contributed by atoms with E-state index in [1.54, 1.807) is 12.1 Å². The number of aromatic hydroxyl groups is 1. The van der Waals surface area contributed by atoms with Crippen molar-refractivity contribution in [1.29, 1.82) is 0 Å². The van der Waals surface area contributed by atoms with Crippen LogP contribution in [0.1, 0.15) is 29.6 Å². The summed E-state index contributed by atoms with van der Waals surface area (Å²) in [6.45, 7) is 1.72. The molecular weight excluding hydrogens is 244 g/mol. The monoisotopic (exact) mass is 264 g/mol. The van der Waals surface area contributed by atoms with E-state index in [4.69, 9.17) is 4.74 Å². The fourth-order valence-corrected chi connectivity index (χ4v) is 2.30. The molecule has 1 aliphatic rings. The number of benzene rings is 1. The van der Waals surface area contributed by atoms with Crippen LogP contribution in [0.25, 0.3) is 0 Å². The molecule has 0 bridgehead atoms. The lowest BCUT2D eigenvalue weighted by Crippen LogP contribution is -2.30. The minimum absolute atomic E-state index is 0.0207. The first-order valence-electron chi connectivity index (χ1n) is 6.59. The molecule has 1 aromatic carbocycles. The van der Waals surface area contributed by atoms with E-state index in [0.717, 1.165) is 13.0 Å². The van der Waals surface area contributed by atoms with Gasteiger partial charge in [-0.1, -0.05) is 0 Å². The maximum atomic E-state index is 11.9. The Morgan fingerprint density at radius 3 is 3.05 bits per heavy atom. The van der Waals surface area contributed by atoms with Crippen LogP contribution in [-0.4, -0.2) is 37.3 Å². The average molecular weight is 264 g/mol. The van der Waals surface area contributed by atoms with E-state index < -0.39 is 0 Å². The molecular formula is C14H20N2O3. The molecule has 19 heavy (non-hydrogen) atoms. The number of carbonyl (C=O) groups is 1. The second kappa shape index (κ2) is 6.43. The lowest BCUT2D eigenvalue weighted by atomic mass is 10.1. The molecule has 0 aromatic heterocycles. The predicted octanol–water partition coefficient (Wildman–Crippen LogP) is 1.27. The van der Waals surface area contributed by atoms with Crippen molar-refractivity contribution in [3.8, 4) is 11.5 Å². The van der Waals surface area contributed by atoms with Gasteiger partial charge >= 0.3 is 0 Å². The number of ether oxygens (including phenoxy) is 1. The molecule has 0 saturated carbocycles. The van der Waals surface area contributed by atoms with Crippen molar-refractivity contribution in [2.24, 2.45) is 0 Å². The first-order valence-corrected chi connectivity index (χ1v) is 6.59. The molecule has 1 atom stereocenters. The van der Waals surface area contributed by atoms with Gasteiger partial charge in [0, 0.05) is 18.2 Å². The van der Waals surface area contributed by atoms with Gasteiger partial charge in [0.1, 0.15) is 0 Å². The molecule has 1 heterocycles. The molecule has 1 aliphatic heterocycles. The summed E-state index contributed by atoms with van der Waals surface area (Å²) >= 11 is 0. The number of phenols is 1. The summed E-state index contributed by atoms with van der Waals surface area (Å²) in [7, 11) is 1.48. The number of nitrogens with one attached hydrogen (secondary N) is 2. The van der Waals surface area contributed by atoms with Crippen LogP contribution in [-0.2, 0) is 0 Å². The molecule has 3 N–H and O–H groups in total. The van der Waals surface area contributed by atoms with Crippen molar-refractivity contribution in [2.75, 3.05) is 20.2 Å². The third-order valence-corrected chi connectivity index (χ3v) is 3.38. The van der Waals surface area contributed by atoms with Gasteiger partial charge in [0.05, 0.1) is 7.11 Å². The van der Waals surface area contributed by atoms with Crippen LogP contribution in [0.3, 0.4) is 0 Å². The summed E-state index contributed by atoms with van der Waals surface area (Å²) in [6, 6.07) is 5.16. The molecule has 0 radical (unpaired) electrons. The number of amides is 1. The van der Waals surface area contributed by atoms with Crippen molar-refractivity contribution >= 4 is 5.91 Å². The lowest BCUT2D eigenvalue weighted by Gasteiger charge is -2.11. The van der Waals surface area contributed by atoms with Gasteiger partial charge in [0.2, 0.25) is 0 Å². The quantitative estimate of drug-likeness (QED) is 0.749. The Labute approximate surface area is 113 Å². The fraction of sp³-hybridized carbons (Fsp3) is 0.500. The van der Waals surface area contributed by atoms with Crippen molar-refractivity contribution < 1.29 is 14.6 Å². The third kappa shape index (κ3) is 3.61. The highest BCUT2D eigenvalue weighted by molar-refractivity contribution is 5.94. The first-order chi connectivity index (χ1) is 9.20. The van der Waals surface area contributed by atoms with E-state index in [2.05, 4.69) is 10.6 Å². The zero-order valence-electron chi connectivity index (χ0n) is 11.1. The third-order valence-electron chi connectivity index (χ3n) is 3.38. The van der Waals surface area contributed by atoms with E-state index in [1.165, 1.54) is 26.0 Å². The van der Waals surface area contributed by atoms with E-state index >= 15 is 0 Å². The summed E-state index contributed by atoms with van der Waals surface area (Å²) in [4.78, 5) is 11.9. The highest BCUT2D eigenvalue weighted by atomic mass is 16.5. The van der Waals surface area contributed by atoms with Gasteiger partial charge in [-0.05, 0) is 44.0 Å². The first kappa shape index (κ1) is 13.7. The normalized spacial score (nSPS) is 18.3. The zero-order valence-corrected chi connectivity index (χ0v) is 11.1. The zero-order chi connectivity index (χ0) is 13.7. The van der Waals surface area contributed by atoms with Crippen LogP contribution in [0.15, 0.2) is 18.2 Å². The number of hydrogen-bond acceptors (Lipinski definition) is 4. The van der Waals surface area contributed by atoms with E-state index in [1.807, 2.05) is 0 Å². The van der Waals surface area contributed by atoms with E-state index in [0.29, 0.717) is 23.9 Å². The highest BCUT2D eigenvalue weighted by Gasteiger charge is 2.14. The van der Waals surface area contributed by atoms with Crippen molar-refractivity contribution in [3.63, 3.8) is 0 Å². The maximum absolute atomic E-state index is 11.9. The summed E-state index contributed by atoms with van der Waals surface area (Å²) in [6.07, 6.45) is 3.33. The van der Waals surface area contributed by atoms with Crippen LogP contribution >= 0.6 is 0 Å². The Morgan fingerprint density at radius 1 is 1.58 bits per heavy atom. The molecule has 0 spiro atoms. The summed E-state index contributed by atoms with van der Waals surface area (Å²) < 4.78 is 4.94. The number of methoxy groups -OCH3 is 1. The van der Waals surface area contributed by atoms with Gasteiger partial charge in [-0.3, -0.25) is 4.79 Å². The Hall–Kier alpha value is -1.75. The number of phenolic OH excluding ortho intramolecular Hbond substituents is 1. The van der Waals surface area contributed by atoms with E-state index in [9.17, 15) is 9.90 Å². The minimum Gasteiger partial charge on any atom is -0.504 e. The summed E-state index contributed by atoms with van der Waals surface area (Å²) in [5.74, 6) is 0.176. The molecule has 1 saturated heterocycles.